The summed E-state index contributed by atoms with van der Waals surface area (Å²) in [4.78, 5) is 18.9. The molecule has 1 aliphatic heterocycles. The van der Waals surface area contributed by atoms with Crippen LogP contribution in [0.2, 0.25) is 0 Å². The largest absolute Gasteiger partial charge is 0.490 e. The summed E-state index contributed by atoms with van der Waals surface area (Å²) >= 11 is 8.86. The minimum absolute atomic E-state index is 0.218. The number of amides is 1. The van der Waals surface area contributed by atoms with Crippen LogP contribution in [0.25, 0.3) is 0 Å². The second-order valence-electron chi connectivity index (χ2n) is 10.8. The monoisotopic (exact) mass is 753 g/mol. The number of hydrogen-bond donors (Lipinski definition) is 2. The molecule has 1 unspecified atom stereocenters. The summed E-state index contributed by atoms with van der Waals surface area (Å²) in [5, 5.41) is 12.1. The van der Waals surface area contributed by atoms with E-state index in [0.29, 0.717) is 51.6 Å². The molecule has 4 aromatic rings. The predicted molar refractivity (Wildman–Crippen MR) is 188 cm³/mol. The fourth-order valence-corrected chi connectivity index (χ4v) is 6.81. The van der Waals surface area contributed by atoms with E-state index in [4.69, 9.17) is 19.6 Å². The van der Waals surface area contributed by atoms with Crippen LogP contribution in [0.5, 0.6) is 11.5 Å². The number of carbonyl (C=O) groups is 1. The van der Waals surface area contributed by atoms with Crippen LogP contribution < -0.4 is 20.1 Å². The Morgan fingerprint density at radius 3 is 2.58 bits per heavy atom. The van der Waals surface area contributed by atoms with E-state index in [0.717, 1.165) is 51.0 Å². The van der Waals surface area contributed by atoms with E-state index >= 15 is 0 Å². The molecule has 0 fully saturated rings. The number of aryl methyl sites for hydroxylation is 1. The van der Waals surface area contributed by atoms with Gasteiger partial charge in [0.15, 0.2) is 11.5 Å². The number of rotatable bonds is 12. The number of halogens is 2. The van der Waals surface area contributed by atoms with Crippen molar-refractivity contribution in [3.8, 4) is 11.5 Å². The number of benzene rings is 3. The average molecular weight is 756 g/mol. The van der Waals surface area contributed by atoms with Crippen LogP contribution >= 0.6 is 43.6 Å². The molecule has 8 nitrogen and oxygen atoms in total. The number of anilines is 2. The SMILES string of the molecule is CCCCSc1nc2n(n1)C(c1cc(Br)c(OCc3ccc(Br)cc3)c(OCC)c1)C(C(=O)Nc1cccc(C)c1C)=C(C)N2. The molecule has 1 amide bonds. The lowest BCUT2D eigenvalue weighted by molar-refractivity contribution is -0.113. The number of thioether (sulfide) groups is 1. The van der Waals surface area contributed by atoms with Gasteiger partial charge in [0.1, 0.15) is 12.6 Å². The average Bonchev–Trinajstić information content (AvgIpc) is 3.41. The van der Waals surface area contributed by atoms with Crippen molar-refractivity contribution in [3.63, 3.8) is 0 Å². The number of nitrogens with zero attached hydrogens (tertiary/aromatic N) is 3. The van der Waals surface area contributed by atoms with Gasteiger partial charge >= 0.3 is 0 Å². The predicted octanol–water partition coefficient (Wildman–Crippen LogP) is 9.22. The maximum Gasteiger partial charge on any atom is 0.255 e. The van der Waals surface area contributed by atoms with E-state index in [-0.39, 0.29) is 5.91 Å². The number of nitrogens with one attached hydrogen (secondary N) is 2. The standard InChI is InChI=1S/C34H37Br2N5O3S/c1-6-8-16-45-34-39-33-37-22(5)29(32(42)38-27-11-9-10-20(3)21(27)4)30(41(33)40-34)24-17-26(36)31(28(18-24)43-7-2)44-19-23-12-14-25(35)15-13-23/h9-15,17-18,30H,6-8,16,19H2,1-5H3,(H,38,42)(H,37,39,40). The lowest BCUT2D eigenvalue weighted by Crippen LogP contribution is -2.31. The van der Waals surface area contributed by atoms with Crippen molar-refractivity contribution in [1.82, 2.24) is 14.8 Å². The van der Waals surface area contributed by atoms with Gasteiger partial charge in [-0.05, 0) is 103 Å². The lowest BCUT2D eigenvalue weighted by atomic mass is 9.94. The van der Waals surface area contributed by atoms with Crippen LogP contribution in [0.15, 0.2) is 80.0 Å². The number of aromatic nitrogens is 3. The Bertz CT molecular complexity index is 1720. The van der Waals surface area contributed by atoms with Crippen LogP contribution in [-0.4, -0.2) is 33.0 Å². The normalized spacial score (nSPS) is 14.2. The van der Waals surface area contributed by atoms with Gasteiger partial charge in [0.2, 0.25) is 11.1 Å². The summed E-state index contributed by atoms with van der Waals surface area (Å²) in [7, 11) is 0. The molecular formula is C34H37Br2N5O3S. The molecule has 11 heteroatoms. The molecule has 1 aromatic heterocycles. The highest BCUT2D eigenvalue weighted by atomic mass is 79.9. The van der Waals surface area contributed by atoms with Gasteiger partial charge in [-0.25, -0.2) is 4.68 Å². The van der Waals surface area contributed by atoms with E-state index in [2.05, 4.69) is 49.4 Å². The summed E-state index contributed by atoms with van der Waals surface area (Å²) in [6, 6.07) is 17.2. The van der Waals surface area contributed by atoms with Gasteiger partial charge in [-0.15, -0.1) is 5.10 Å². The molecule has 0 saturated carbocycles. The molecule has 0 aliphatic carbocycles. The fraction of sp³-hybridized carbons (Fsp3) is 0.324. The van der Waals surface area contributed by atoms with Gasteiger partial charge in [0, 0.05) is 21.6 Å². The first-order valence-electron chi connectivity index (χ1n) is 15.0. The molecule has 45 heavy (non-hydrogen) atoms. The molecule has 2 N–H and O–H groups in total. The summed E-state index contributed by atoms with van der Waals surface area (Å²) in [5.41, 5.74) is 5.98. The van der Waals surface area contributed by atoms with Crippen molar-refractivity contribution >= 4 is 61.2 Å². The Hall–Kier alpha value is -3.28. The maximum absolute atomic E-state index is 14.2. The molecule has 0 radical (unpaired) electrons. The molecule has 1 atom stereocenters. The van der Waals surface area contributed by atoms with Crippen LogP contribution in [0, 0.1) is 13.8 Å². The first kappa shape index (κ1) is 33.1. The highest BCUT2D eigenvalue weighted by molar-refractivity contribution is 9.10. The summed E-state index contributed by atoms with van der Waals surface area (Å²) in [5.74, 6) is 2.45. The molecule has 236 valence electrons. The maximum atomic E-state index is 14.2. The van der Waals surface area contributed by atoms with Crippen molar-refractivity contribution < 1.29 is 14.3 Å². The number of hydrogen-bond acceptors (Lipinski definition) is 7. The third kappa shape index (κ3) is 7.58. The number of carbonyl (C=O) groups excluding carboxylic acids is 1. The Labute approximate surface area is 285 Å². The topological polar surface area (TPSA) is 90.3 Å². The zero-order valence-electron chi connectivity index (χ0n) is 26.0. The Morgan fingerprint density at radius 2 is 1.84 bits per heavy atom. The number of ether oxygens (including phenoxy) is 2. The quantitative estimate of drug-likeness (QED) is 0.110. The molecule has 1 aliphatic rings. The van der Waals surface area contributed by atoms with Gasteiger partial charge < -0.3 is 20.1 Å². The lowest BCUT2D eigenvalue weighted by Gasteiger charge is -2.29. The van der Waals surface area contributed by atoms with E-state index in [9.17, 15) is 4.79 Å². The molecule has 3 aromatic carbocycles. The van der Waals surface area contributed by atoms with E-state index in [1.807, 2.05) is 82.3 Å². The third-order valence-corrected chi connectivity index (χ3v) is 9.65. The second kappa shape index (κ2) is 14.9. The summed E-state index contributed by atoms with van der Waals surface area (Å²) < 4.78 is 15.9. The Morgan fingerprint density at radius 1 is 1.07 bits per heavy atom. The summed E-state index contributed by atoms with van der Waals surface area (Å²) in [6.45, 7) is 10.9. The molecule has 0 spiro atoms. The zero-order chi connectivity index (χ0) is 32.1. The molecular weight excluding hydrogens is 718 g/mol. The highest BCUT2D eigenvalue weighted by Crippen LogP contribution is 2.44. The minimum Gasteiger partial charge on any atom is -0.490 e. The second-order valence-corrected chi connectivity index (χ2v) is 13.6. The number of allylic oxidation sites excluding steroid dienone is 1. The van der Waals surface area contributed by atoms with Crippen LogP contribution in [-0.2, 0) is 11.4 Å². The smallest absolute Gasteiger partial charge is 0.255 e. The Balaban J connectivity index is 1.56. The number of unbranched alkanes of at least 4 members (excludes halogenated alkanes) is 1. The Kier molecular flexibility index (Phi) is 10.9. The molecule has 0 bridgehead atoms. The molecule has 5 rings (SSSR count). The third-order valence-electron chi connectivity index (χ3n) is 7.60. The van der Waals surface area contributed by atoms with E-state index < -0.39 is 6.04 Å². The minimum atomic E-state index is -0.574. The first-order chi connectivity index (χ1) is 21.7. The van der Waals surface area contributed by atoms with Crippen molar-refractivity contribution in [1.29, 1.82) is 0 Å². The van der Waals surface area contributed by atoms with Gasteiger partial charge in [-0.2, -0.15) is 4.98 Å². The van der Waals surface area contributed by atoms with Crippen molar-refractivity contribution in [2.45, 2.75) is 65.3 Å². The zero-order valence-corrected chi connectivity index (χ0v) is 30.0. The van der Waals surface area contributed by atoms with Crippen molar-refractivity contribution in [2.24, 2.45) is 0 Å². The van der Waals surface area contributed by atoms with Gasteiger partial charge in [0.25, 0.3) is 5.91 Å². The highest BCUT2D eigenvalue weighted by Gasteiger charge is 2.35. The summed E-state index contributed by atoms with van der Waals surface area (Å²) in [6.07, 6.45) is 2.16. The molecule has 0 saturated heterocycles. The van der Waals surface area contributed by atoms with Crippen molar-refractivity contribution in [3.05, 3.63) is 97.1 Å². The van der Waals surface area contributed by atoms with Gasteiger partial charge in [-0.3, -0.25) is 4.79 Å². The van der Waals surface area contributed by atoms with Gasteiger partial charge in [0.05, 0.1) is 16.7 Å². The van der Waals surface area contributed by atoms with Crippen LogP contribution in [0.4, 0.5) is 11.6 Å². The van der Waals surface area contributed by atoms with Crippen LogP contribution in [0.1, 0.15) is 61.9 Å². The molecule has 2 heterocycles. The van der Waals surface area contributed by atoms with Crippen molar-refractivity contribution in [2.75, 3.05) is 23.0 Å². The van der Waals surface area contributed by atoms with E-state index in [1.165, 1.54) is 0 Å². The number of fused-ring (bicyclic) bond motifs is 1. The van der Waals surface area contributed by atoms with Gasteiger partial charge in [-0.1, -0.05) is 65.3 Å². The van der Waals surface area contributed by atoms with Crippen LogP contribution in [0.3, 0.4) is 0 Å². The van der Waals surface area contributed by atoms with E-state index in [1.54, 1.807) is 16.4 Å². The first-order valence-corrected chi connectivity index (χ1v) is 17.5. The fourth-order valence-electron chi connectivity index (χ4n) is 5.06.